The molecule has 25 heavy (non-hydrogen) atoms. The van der Waals surface area contributed by atoms with Crippen molar-refractivity contribution in [2.75, 3.05) is 18.5 Å². The lowest BCUT2D eigenvalue weighted by molar-refractivity contribution is 0.0997. The molecule has 0 bridgehead atoms. The van der Waals surface area contributed by atoms with Crippen molar-refractivity contribution in [2.24, 2.45) is 0 Å². The number of anilines is 1. The molecule has 4 aromatic rings. The molecular weight excluding hydrogens is 318 g/mol. The standard InChI is InChI=1S/C19H15N3O3/c1-2-6-14-13(5-1)17-18(25-14)19(22-11-21-17)20-9-12-10-23-15-7-3-4-8-16(15)24-12/h1-8,11-12H,9-10H2,(H,20,21,22)/t12-/m0/s1. The van der Waals surface area contributed by atoms with Crippen molar-refractivity contribution in [2.45, 2.75) is 6.10 Å². The molecule has 0 spiro atoms. The Morgan fingerprint density at radius 1 is 1.00 bits per heavy atom. The van der Waals surface area contributed by atoms with E-state index in [1.807, 2.05) is 48.5 Å². The van der Waals surface area contributed by atoms with E-state index in [1.165, 1.54) is 0 Å². The molecule has 124 valence electrons. The van der Waals surface area contributed by atoms with E-state index in [1.54, 1.807) is 6.33 Å². The highest BCUT2D eigenvalue weighted by Crippen LogP contribution is 2.32. The summed E-state index contributed by atoms with van der Waals surface area (Å²) in [7, 11) is 0. The number of para-hydroxylation sites is 3. The molecule has 0 amide bonds. The molecule has 2 aromatic heterocycles. The van der Waals surface area contributed by atoms with Gasteiger partial charge in [-0.2, -0.15) is 0 Å². The van der Waals surface area contributed by atoms with Gasteiger partial charge in [0.15, 0.2) is 22.9 Å². The van der Waals surface area contributed by atoms with E-state index < -0.39 is 0 Å². The molecule has 0 aliphatic carbocycles. The number of nitrogens with zero attached hydrogens (tertiary/aromatic N) is 2. The zero-order valence-corrected chi connectivity index (χ0v) is 13.3. The Hall–Kier alpha value is -3.28. The average Bonchev–Trinajstić information content (AvgIpc) is 3.05. The van der Waals surface area contributed by atoms with E-state index in [-0.39, 0.29) is 6.10 Å². The SMILES string of the molecule is c1ccc2c(c1)OC[C@H](CNc1ncnc3c1oc1ccccc13)O2. The van der Waals surface area contributed by atoms with Crippen molar-refractivity contribution in [3.63, 3.8) is 0 Å². The molecule has 0 radical (unpaired) electrons. The second-order valence-corrected chi connectivity index (χ2v) is 5.88. The van der Waals surface area contributed by atoms with Crippen molar-refractivity contribution < 1.29 is 13.9 Å². The molecule has 0 saturated carbocycles. The number of benzene rings is 2. The van der Waals surface area contributed by atoms with Crippen molar-refractivity contribution >= 4 is 27.9 Å². The van der Waals surface area contributed by atoms with E-state index in [2.05, 4.69) is 15.3 Å². The van der Waals surface area contributed by atoms with Gasteiger partial charge in [-0.1, -0.05) is 24.3 Å². The Bertz CT molecular complexity index is 1060. The highest BCUT2D eigenvalue weighted by Gasteiger charge is 2.21. The van der Waals surface area contributed by atoms with Crippen LogP contribution in [0.3, 0.4) is 0 Å². The number of furan rings is 1. The smallest absolute Gasteiger partial charge is 0.196 e. The van der Waals surface area contributed by atoms with Gasteiger partial charge in [0.2, 0.25) is 0 Å². The summed E-state index contributed by atoms with van der Waals surface area (Å²) in [6.45, 7) is 1.04. The van der Waals surface area contributed by atoms with Crippen LogP contribution in [0, 0.1) is 0 Å². The van der Waals surface area contributed by atoms with Crippen LogP contribution >= 0.6 is 0 Å². The van der Waals surface area contributed by atoms with Crippen molar-refractivity contribution in [3.05, 3.63) is 54.9 Å². The van der Waals surface area contributed by atoms with Gasteiger partial charge in [-0.05, 0) is 24.3 Å². The van der Waals surface area contributed by atoms with Gasteiger partial charge in [0.25, 0.3) is 0 Å². The third-order valence-corrected chi connectivity index (χ3v) is 4.22. The van der Waals surface area contributed by atoms with E-state index in [0.717, 1.165) is 28.0 Å². The topological polar surface area (TPSA) is 69.4 Å². The van der Waals surface area contributed by atoms with Crippen LogP contribution in [0.2, 0.25) is 0 Å². The third kappa shape index (κ3) is 2.42. The second-order valence-electron chi connectivity index (χ2n) is 5.88. The molecule has 6 heteroatoms. The predicted octanol–water partition coefficient (Wildman–Crippen LogP) is 3.63. The van der Waals surface area contributed by atoms with Gasteiger partial charge < -0.3 is 19.2 Å². The van der Waals surface area contributed by atoms with Gasteiger partial charge in [-0.3, -0.25) is 0 Å². The maximum atomic E-state index is 5.96. The average molecular weight is 333 g/mol. The predicted molar refractivity (Wildman–Crippen MR) is 94.2 cm³/mol. The number of hydrogen-bond donors (Lipinski definition) is 1. The van der Waals surface area contributed by atoms with Crippen LogP contribution in [0.5, 0.6) is 11.5 Å². The number of nitrogens with one attached hydrogen (secondary N) is 1. The quantitative estimate of drug-likeness (QED) is 0.617. The van der Waals surface area contributed by atoms with Crippen LogP contribution in [-0.2, 0) is 0 Å². The van der Waals surface area contributed by atoms with E-state index in [9.17, 15) is 0 Å². The van der Waals surface area contributed by atoms with Crippen LogP contribution in [-0.4, -0.2) is 29.2 Å². The fourth-order valence-corrected chi connectivity index (χ4v) is 3.02. The summed E-state index contributed by atoms with van der Waals surface area (Å²) in [6, 6.07) is 15.5. The molecule has 1 aliphatic rings. The lowest BCUT2D eigenvalue weighted by atomic mass is 10.2. The third-order valence-electron chi connectivity index (χ3n) is 4.22. The molecular formula is C19H15N3O3. The minimum atomic E-state index is -0.107. The first kappa shape index (κ1) is 14.1. The van der Waals surface area contributed by atoms with Gasteiger partial charge >= 0.3 is 0 Å². The largest absolute Gasteiger partial charge is 0.486 e. The highest BCUT2D eigenvalue weighted by atomic mass is 16.6. The second kappa shape index (κ2) is 5.66. The van der Waals surface area contributed by atoms with Crippen LogP contribution in [0.1, 0.15) is 0 Å². The molecule has 6 nitrogen and oxygen atoms in total. The minimum Gasteiger partial charge on any atom is -0.486 e. The lowest BCUT2D eigenvalue weighted by Gasteiger charge is -2.26. The first-order valence-electron chi connectivity index (χ1n) is 8.13. The van der Waals surface area contributed by atoms with E-state index in [0.29, 0.717) is 24.6 Å². The highest BCUT2D eigenvalue weighted by molar-refractivity contribution is 6.05. The molecule has 1 N–H and O–H groups in total. The van der Waals surface area contributed by atoms with Gasteiger partial charge in [-0.25, -0.2) is 9.97 Å². The van der Waals surface area contributed by atoms with Crippen LogP contribution in [0.15, 0.2) is 59.3 Å². The van der Waals surface area contributed by atoms with Crippen LogP contribution < -0.4 is 14.8 Å². The molecule has 0 saturated heterocycles. The first-order chi connectivity index (χ1) is 12.4. The summed E-state index contributed by atoms with van der Waals surface area (Å²) in [5, 5.41) is 4.28. The van der Waals surface area contributed by atoms with Crippen molar-refractivity contribution in [1.29, 1.82) is 0 Å². The Morgan fingerprint density at radius 3 is 2.80 bits per heavy atom. The fourth-order valence-electron chi connectivity index (χ4n) is 3.02. The van der Waals surface area contributed by atoms with Gasteiger partial charge in [0.05, 0.1) is 6.54 Å². The Kier molecular flexibility index (Phi) is 3.19. The number of rotatable bonds is 3. The summed E-state index contributed by atoms with van der Waals surface area (Å²) >= 11 is 0. The summed E-state index contributed by atoms with van der Waals surface area (Å²) in [5.41, 5.74) is 2.26. The summed E-state index contributed by atoms with van der Waals surface area (Å²) in [6.07, 6.45) is 1.43. The summed E-state index contributed by atoms with van der Waals surface area (Å²) < 4.78 is 17.6. The Morgan fingerprint density at radius 2 is 1.84 bits per heavy atom. The molecule has 5 rings (SSSR count). The Balaban J connectivity index is 1.40. The van der Waals surface area contributed by atoms with Crippen molar-refractivity contribution in [3.8, 4) is 11.5 Å². The monoisotopic (exact) mass is 333 g/mol. The Labute approximate surface area is 143 Å². The minimum absolute atomic E-state index is 0.107. The summed E-state index contributed by atoms with van der Waals surface area (Å²) in [4.78, 5) is 8.67. The molecule has 0 fully saturated rings. The number of hydrogen-bond acceptors (Lipinski definition) is 6. The van der Waals surface area contributed by atoms with Crippen molar-refractivity contribution in [1.82, 2.24) is 9.97 Å². The van der Waals surface area contributed by atoms with Gasteiger partial charge in [0.1, 0.15) is 30.1 Å². The maximum absolute atomic E-state index is 5.96. The zero-order chi connectivity index (χ0) is 16.6. The normalized spacial score (nSPS) is 16.2. The molecule has 3 heterocycles. The maximum Gasteiger partial charge on any atom is 0.196 e. The van der Waals surface area contributed by atoms with E-state index in [4.69, 9.17) is 13.9 Å². The van der Waals surface area contributed by atoms with Gasteiger partial charge in [-0.15, -0.1) is 0 Å². The zero-order valence-electron chi connectivity index (χ0n) is 13.3. The van der Waals surface area contributed by atoms with Gasteiger partial charge in [0, 0.05) is 5.39 Å². The summed E-state index contributed by atoms with van der Waals surface area (Å²) in [5.74, 6) is 2.20. The number of ether oxygens (including phenoxy) is 2. The molecule has 1 atom stereocenters. The van der Waals surface area contributed by atoms with Crippen LogP contribution in [0.25, 0.3) is 22.1 Å². The number of aromatic nitrogens is 2. The first-order valence-corrected chi connectivity index (χ1v) is 8.13. The molecule has 1 aliphatic heterocycles. The van der Waals surface area contributed by atoms with Crippen LogP contribution in [0.4, 0.5) is 5.82 Å². The fraction of sp³-hybridized carbons (Fsp3) is 0.158. The number of fused-ring (bicyclic) bond motifs is 4. The van der Waals surface area contributed by atoms with E-state index >= 15 is 0 Å². The molecule has 0 unspecified atom stereocenters. The molecule has 2 aromatic carbocycles. The lowest BCUT2D eigenvalue weighted by Crippen LogP contribution is -2.35.